The Kier molecular flexibility index (Phi) is 6.80. The molecule has 1 saturated heterocycles. The molecule has 0 amide bonds. The second-order valence-electron chi connectivity index (χ2n) is 9.64. The molecule has 0 bridgehead atoms. The van der Waals surface area contributed by atoms with E-state index in [1.54, 1.807) is 12.1 Å². The monoisotopic (exact) mass is 433 g/mol. The first-order chi connectivity index (χ1) is 14.8. The number of piperidine rings is 1. The van der Waals surface area contributed by atoms with Crippen LogP contribution in [0.5, 0.6) is 5.75 Å². The summed E-state index contributed by atoms with van der Waals surface area (Å²) in [5.74, 6) is 1.34. The van der Waals surface area contributed by atoms with Crippen LogP contribution in [0.25, 0.3) is 10.8 Å². The first kappa shape index (κ1) is 22.4. The molecule has 4 rings (SSSR count). The molecule has 1 unspecified atom stereocenters. The lowest BCUT2D eigenvalue weighted by atomic mass is 9.89. The van der Waals surface area contributed by atoms with Gasteiger partial charge in [-0.1, -0.05) is 38.5 Å². The van der Waals surface area contributed by atoms with Crippen LogP contribution in [0.4, 0.5) is 13.2 Å². The van der Waals surface area contributed by atoms with Gasteiger partial charge >= 0.3 is 6.18 Å². The molecule has 31 heavy (non-hydrogen) atoms. The summed E-state index contributed by atoms with van der Waals surface area (Å²) in [7, 11) is 0. The molecule has 0 spiro atoms. The van der Waals surface area contributed by atoms with E-state index in [0.717, 1.165) is 56.8 Å². The molecular formula is C26H34F3NO. The summed E-state index contributed by atoms with van der Waals surface area (Å²) < 4.78 is 48.1. The van der Waals surface area contributed by atoms with Gasteiger partial charge in [-0.25, -0.2) is 0 Å². The molecule has 0 aromatic heterocycles. The molecule has 2 aromatic rings. The lowest BCUT2D eigenvalue weighted by Crippen LogP contribution is -2.34. The zero-order valence-corrected chi connectivity index (χ0v) is 18.7. The number of hydrogen-bond donors (Lipinski definition) is 0. The molecule has 0 radical (unpaired) electrons. The predicted octanol–water partition coefficient (Wildman–Crippen LogP) is 7.44. The molecule has 1 aliphatic heterocycles. The topological polar surface area (TPSA) is 12.5 Å². The Morgan fingerprint density at radius 1 is 1.03 bits per heavy atom. The molecule has 1 heterocycles. The van der Waals surface area contributed by atoms with Crippen LogP contribution in [0.15, 0.2) is 30.3 Å². The van der Waals surface area contributed by atoms with Gasteiger partial charge in [0.05, 0.1) is 6.10 Å². The van der Waals surface area contributed by atoms with Crippen molar-refractivity contribution in [3.8, 4) is 5.75 Å². The molecule has 2 nitrogen and oxygen atoms in total. The molecule has 2 aromatic carbocycles. The minimum atomic E-state index is -4.44. The van der Waals surface area contributed by atoms with Crippen molar-refractivity contribution in [2.45, 2.75) is 77.6 Å². The Hall–Kier alpha value is -1.75. The Bertz CT molecular complexity index is 886. The molecule has 170 valence electrons. The Labute approximate surface area is 183 Å². The van der Waals surface area contributed by atoms with Gasteiger partial charge in [0.2, 0.25) is 0 Å². The van der Waals surface area contributed by atoms with E-state index in [2.05, 4.69) is 18.7 Å². The third kappa shape index (κ3) is 5.36. The third-order valence-corrected chi connectivity index (χ3v) is 7.17. The normalized spacial score (nSPS) is 25.6. The minimum absolute atomic E-state index is 0.0193. The fraction of sp³-hybridized carbons (Fsp3) is 0.615. The van der Waals surface area contributed by atoms with Crippen LogP contribution < -0.4 is 4.74 Å². The Morgan fingerprint density at radius 2 is 1.81 bits per heavy atom. The van der Waals surface area contributed by atoms with E-state index in [0.29, 0.717) is 11.3 Å². The molecule has 1 saturated carbocycles. The van der Waals surface area contributed by atoms with E-state index in [1.165, 1.54) is 25.3 Å². The van der Waals surface area contributed by atoms with Crippen molar-refractivity contribution < 1.29 is 17.9 Å². The summed E-state index contributed by atoms with van der Waals surface area (Å²) in [6.45, 7) is 7.37. The van der Waals surface area contributed by atoms with Crippen molar-refractivity contribution >= 4 is 10.8 Å². The van der Waals surface area contributed by atoms with Crippen molar-refractivity contribution in [3.63, 3.8) is 0 Å². The maximum absolute atomic E-state index is 14.1. The lowest BCUT2D eigenvalue weighted by Gasteiger charge is -2.32. The molecule has 2 fully saturated rings. The summed E-state index contributed by atoms with van der Waals surface area (Å²) >= 11 is 0. The van der Waals surface area contributed by atoms with Crippen LogP contribution in [-0.2, 0) is 12.7 Å². The minimum Gasteiger partial charge on any atom is -0.490 e. The van der Waals surface area contributed by atoms with Crippen LogP contribution in [0.1, 0.15) is 69.9 Å². The average molecular weight is 434 g/mol. The van der Waals surface area contributed by atoms with E-state index in [4.69, 9.17) is 4.74 Å². The highest BCUT2D eigenvalue weighted by atomic mass is 19.4. The highest BCUT2D eigenvalue weighted by Crippen LogP contribution is 2.42. The smallest absolute Gasteiger partial charge is 0.420 e. The lowest BCUT2D eigenvalue weighted by molar-refractivity contribution is -0.138. The largest absolute Gasteiger partial charge is 0.490 e. The molecule has 5 heteroatoms. The van der Waals surface area contributed by atoms with Crippen molar-refractivity contribution in [2.75, 3.05) is 13.1 Å². The molecule has 1 atom stereocenters. The van der Waals surface area contributed by atoms with Crippen LogP contribution >= 0.6 is 0 Å². The van der Waals surface area contributed by atoms with E-state index >= 15 is 0 Å². The highest BCUT2D eigenvalue weighted by molar-refractivity contribution is 5.89. The number of halogens is 3. The van der Waals surface area contributed by atoms with Crippen molar-refractivity contribution in [1.29, 1.82) is 0 Å². The number of alkyl halides is 3. The van der Waals surface area contributed by atoms with E-state index in [9.17, 15) is 13.2 Å². The fourth-order valence-electron chi connectivity index (χ4n) is 5.26. The second kappa shape index (κ2) is 9.40. The fourth-order valence-corrected chi connectivity index (χ4v) is 5.26. The summed E-state index contributed by atoms with van der Waals surface area (Å²) in [5.41, 5.74) is 0.450. The summed E-state index contributed by atoms with van der Waals surface area (Å²) in [6, 6.07) is 8.75. The average Bonchev–Trinajstić information content (AvgIpc) is 2.74. The van der Waals surface area contributed by atoms with Gasteiger partial charge in [-0.05, 0) is 85.4 Å². The van der Waals surface area contributed by atoms with Gasteiger partial charge in [-0.2, -0.15) is 13.2 Å². The number of ether oxygens (including phenoxy) is 1. The molecular weight excluding hydrogens is 399 g/mol. The Balaban J connectivity index is 1.58. The van der Waals surface area contributed by atoms with Gasteiger partial charge in [-0.3, -0.25) is 4.90 Å². The number of rotatable bonds is 5. The van der Waals surface area contributed by atoms with Crippen LogP contribution in [0, 0.1) is 11.8 Å². The number of hydrogen-bond acceptors (Lipinski definition) is 2. The molecule has 0 N–H and O–H groups in total. The van der Waals surface area contributed by atoms with Gasteiger partial charge in [0.15, 0.2) is 0 Å². The van der Waals surface area contributed by atoms with Gasteiger partial charge in [0.25, 0.3) is 0 Å². The van der Waals surface area contributed by atoms with Crippen molar-refractivity contribution in [1.82, 2.24) is 4.90 Å². The van der Waals surface area contributed by atoms with Crippen LogP contribution in [0.2, 0.25) is 0 Å². The van der Waals surface area contributed by atoms with Crippen LogP contribution in [0.3, 0.4) is 0 Å². The van der Waals surface area contributed by atoms with E-state index in [-0.39, 0.29) is 17.2 Å². The molecule has 1 aliphatic carbocycles. The maximum atomic E-state index is 14.1. The van der Waals surface area contributed by atoms with E-state index < -0.39 is 11.7 Å². The van der Waals surface area contributed by atoms with Gasteiger partial charge in [0.1, 0.15) is 11.3 Å². The van der Waals surface area contributed by atoms with Crippen molar-refractivity contribution in [3.05, 3.63) is 41.5 Å². The number of fused-ring (bicyclic) bond motifs is 1. The first-order valence-electron chi connectivity index (χ1n) is 11.8. The number of nitrogens with zero attached hydrogens (tertiary/aromatic N) is 1. The second-order valence-corrected chi connectivity index (χ2v) is 9.64. The highest BCUT2D eigenvalue weighted by Gasteiger charge is 2.37. The Morgan fingerprint density at radius 3 is 2.52 bits per heavy atom. The van der Waals surface area contributed by atoms with Crippen molar-refractivity contribution in [2.24, 2.45) is 11.8 Å². The standard InChI is InChI=1S/C26H34F3NO/c1-3-19-5-4-14-30(16-19)17-20-8-12-23-21(15-20)9-13-24(25(23)26(27,28)29)31-22-10-6-18(2)7-11-22/h8-9,12-13,15,18-19,22H,3-7,10-11,14,16-17H2,1-2H3. The summed E-state index contributed by atoms with van der Waals surface area (Å²) in [5, 5.41) is 0.876. The van der Waals surface area contributed by atoms with Gasteiger partial charge < -0.3 is 4.74 Å². The predicted molar refractivity (Wildman–Crippen MR) is 119 cm³/mol. The third-order valence-electron chi connectivity index (χ3n) is 7.17. The summed E-state index contributed by atoms with van der Waals surface area (Å²) in [6.07, 6.45) is 2.77. The van der Waals surface area contributed by atoms with Crippen LogP contribution in [-0.4, -0.2) is 24.1 Å². The number of likely N-dealkylation sites (tertiary alicyclic amines) is 1. The first-order valence-corrected chi connectivity index (χ1v) is 11.8. The zero-order valence-electron chi connectivity index (χ0n) is 18.7. The van der Waals surface area contributed by atoms with Gasteiger partial charge in [-0.15, -0.1) is 0 Å². The quantitative estimate of drug-likeness (QED) is 0.486. The molecule has 2 aliphatic rings. The maximum Gasteiger partial charge on any atom is 0.420 e. The SMILES string of the molecule is CCC1CCCN(Cc2ccc3c(C(F)(F)F)c(OC4CCC(C)CC4)ccc3c2)C1. The van der Waals surface area contributed by atoms with Gasteiger partial charge in [0, 0.05) is 13.1 Å². The number of benzene rings is 2. The zero-order chi connectivity index (χ0) is 22.0. The van der Waals surface area contributed by atoms with E-state index in [1.807, 2.05) is 12.1 Å². The summed E-state index contributed by atoms with van der Waals surface area (Å²) in [4.78, 5) is 2.44.